The number of pyridine rings is 2. The van der Waals surface area contributed by atoms with Crippen LogP contribution < -0.4 is 20.4 Å². The van der Waals surface area contributed by atoms with Crippen molar-refractivity contribution in [3.8, 4) is 6.07 Å². The highest BCUT2D eigenvalue weighted by Crippen LogP contribution is 2.32. The molecule has 0 aromatic carbocycles. The van der Waals surface area contributed by atoms with Gasteiger partial charge in [-0.05, 0) is 24.5 Å². The Morgan fingerprint density at radius 3 is 2.94 bits per heavy atom. The van der Waals surface area contributed by atoms with Gasteiger partial charge in [0.25, 0.3) is 0 Å². The lowest BCUT2D eigenvalue weighted by atomic mass is 10.0. The molecule has 0 spiro atoms. The molecule has 2 N–H and O–H groups in total. The van der Waals surface area contributed by atoms with Crippen molar-refractivity contribution in [2.24, 2.45) is 0 Å². The van der Waals surface area contributed by atoms with Crippen molar-refractivity contribution in [3.05, 3.63) is 35.2 Å². The summed E-state index contributed by atoms with van der Waals surface area (Å²) in [7, 11) is 1.57. The van der Waals surface area contributed by atoms with E-state index in [0.29, 0.717) is 68.1 Å². The van der Waals surface area contributed by atoms with Gasteiger partial charge in [0.2, 0.25) is 0 Å². The van der Waals surface area contributed by atoms with Crippen LogP contribution in [0.1, 0.15) is 28.0 Å². The van der Waals surface area contributed by atoms with Crippen LogP contribution in [-0.2, 0) is 15.9 Å². The molecule has 2 aliphatic heterocycles. The number of carbonyl (C=O) groups excluding carboxylic acids is 3. The number of urea groups is 1. The minimum atomic E-state index is -0.530. The van der Waals surface area contributed by atoms with Gasteiger partial charge in [-0.15, -0.1) is 0 Å². The predicted molar refractivity (Wildman–Crippen MR) is 122 cm³/mol. The van der Waals surface area contributed by atoms with E-state index in [0.717, 1.165) is 5.56 Å². The topological polar surface area (TPSA) is 150 Å². The summed E-state index contributed by atoms with van der Waals surface area (Å²) in [4.78, 5) is 48.2. The Kier molecular flexibility index (Phi) is 6.84. The maximum atomic E-state index is 13.1. The van der Waals surface area contributed by atoms with Crippen LogP contribution in [0.25, 0.3) is 0 Å². The van der Waals surface area contributed by atoms with Gasteiger partial charge in [0.1, 0.15) is 30.0 Å². The van der Waals surface area contributed by atoms with Crippen LogP contribution in [0.4, 0.5) is 32.6 Å². The largest absolute Gasteiger partial charge is 0.447 e. The molecule has 2 aromatic heterocycles. The Balaban J connectivity index is 1.58. The third kappa shape index (κ3) is 4.60. The number of hydrogen-bond acceptors (Lipinski definition) is 9. The summed E-state index contributed by atoms with van der Waals surface area (Å²) in [6.07, 6.45) is 2.73. The third-order valence-electron chi connectivity index (χ3n) is 5.46. The van der Waals surface area contributed by atoms with Gasteiger partial charge in [-0.25, -0.2) is 19.6 Å². The Labute approximate surface area is 195 Å². The lowest BCUT2D eigenvalue weighted by Gasteiger charge is -2.29. The summed E-state index contributed by atoms with van der Waals surface area (Å²) in [6.45, 7) is 1.89. The Hall–Kier alpha value is -4.24. The summed E-state index contributed by atoms with van der Waals surface area (Å²) in [5.41, 5.74) is 2.03. The van der Waals surface area contributed by atoms with Crippen LogP contribution >= 0.6 is 0 Å². The van der Waals surface area contributed by atoms with E-state index < -0.39 is 12.1 Å². The van der Waals surface area contributed by atoms with E-state index in [1.165, 1.54) is 16.0 Å². The molecule has 12 nitrogen and oxygen atoms in total. The van der Waals surface area contributed by atoms with Crippen molar-refractivity contribution < 1.29 is 23.9 Å². The van der Waals surface area contributed by atoms with Crippen LogP contribution in [0.3, 0.4) is 0 Å². The van der Waals surface area contributed by atoms with Crippen molar-refractivity contribution in [1.82, 2.24) is 9.97 Å². The number of nitriles is 1. The summed E-state index contributed by atoms with van der Waals surface area (Å²) in [5, 5.41) is 15.1. The molecule has 0 unspecified atom stereocenters. The number of aldehydes is 1. The van der Waals surface area contributed by atoms with Crippen LogP contribution in [-0.4, -0.2) is 68.3 Å². The van der Waals surface area contributed by atoms with Gasteiger partial charge in [0, 0.05) is 32.5 Å². The van der Waals surface area contributed by atoms with Crippen LogP contribution in [0.2, 0.25) is 0 Å². The number of amides is 3. The van der Waals surface area contributed by atoms with E-state index in [2.05, 4.69) is 26.7 Å². The first-order valence-corrected chi connectivity index (χ1v) is 10.7. The van der Waals surface area contributed by atoms with Crippen LogP contribution in [0, 0.1) is 11.3 Å². The molecule has 0 bridgehead atoms. The van der Waals surface area contributed by atoms with Gasteiger partial charge in [-0.1, -0.05) is 0 Å². The second kappa shape index (κ2) is 10.1. The van der Waals surface area contributed by atoms with Crippen molar-refractivity contribution in [3.63, 3.8) is 0 Å². The number of fused-ring (bicyclic) bond motifs is 1. The molecule has 176 valence electrons. The highest BCUT2D eigenvalue weighted by Gasteiger charge is 2.31. The molecule has 1 saturated heterocycles. The first-order valence-electron chi connectivity index (χ1n) is 10.7. The van der Waals surface area contributed by atoms with E-state index in [1.807, 2.05) is 0 Å². The molecule has 2 aliphatic rings. The van der Waals surface area contributed by atoms with Crippen molar-refractivity contribution in [1.29, 1.82) is 5.26 Å². The normalized spacial score (nSPS) is 14.8. The molecule has 0 atom stereocenters. The van der Waals surface area contributed by atoms with E-state index in [4.69, 9.17) is 9.47 Å². The average Bonchev–Trinajstić information content (AvgIpc) is 3.28. The maximum Gasteiger partial charge on any atom is 0.414 e. The fourth-order valence-corrected chi connectivity index (χ4v) is 3.83. The lowest BCUT2D eigenvalue weighted by Crippen LogP contribution is -2.40. The first-order chi connectivity index (χ1) is 16.5. The lowest BCUT2D eigenvalue weighted by molar-refractivity contribution is 0.111. The molecule has 12 heteroatoms. The highest BCUT2D eigenvalue weighted by molar-refractivity contribution is 6.03. The van der Waals surface area contributed by atoms with Gasteiger partial charge in [-0.3, -0.25) is 19.9 Å². The van der Waals surface area contributed by atoms with Gasteiger partial charge in [0.15, 0.2) is 6.29 Å². The second-order valence-electron chi connectivity index (χ2n) is 7.59. The van der Waals surface area contributed by atoms with E-state index in [-0.39, 0.29) is 18.1 Å². The SMILES string of the molecule is COCCNc1cc(NC(=O)N2CCCc3cc(N4CCOC4=O)c(C=O)nc32)ncc1C#N. The number of hydrogen-bond donors (Lipinski definition) is 2. The molecular formula is C22H23N7O5. The number of cyclic esters (lactones) is 1. The second-order valence-corrected chi connectivity index (χ2v) is 7.59. The van der Waals surface area contributed by atoms with Crippen molar-refractivity contribution in [2.45, 2.75) is 12.8 Å². The number of methoxy groups -OCH3 is 1. The number of nitrogens with zero attached hydrogens (tertiary/aromatic N) is 5. The van der Waals surface area contributed by atoms with Crippen molar-refractivity contribution in [2.75, 3.05) is 60.4 Å². The number of nitrogens with one attached hydrogen (secondary N) is 2. The molecule has 4 rings (SSSR count). The number of aryl methyl sites for hydroxylation is 1. The summed E-state index contributed by atoms with van der Waals surface area (Å²) >= 11 is 0. The minimum absolute atomic E-state index is 0.0541. The first kappa shape index (κ1) is 22.9. The average molecular weight is 465 g/mol. The molecule has 34 heavy (non-hydrogen) atoms. The molecule has 0 aliphatic carbocycles. The standard InChI is InChI=1S/C22H23N7O5/c1-33-7-4-24-16-10-19(25-12-15(16)11-23)27-21(31)29-5-2-3-14-9-18(17(13-30)26-20(14)29)28-6-8-34-22(28)32/h9-10,12-13H,2-8H2,1H3,(H2,24,25,27,31). The summed E-state index contributed by atoms with van der Waals surface area (Å²) in [5.74, 6) is 0.609. The summed E-state index contributed by atoms with van der Waals surface area (Å²) in [6, 6.07) is 4.87. The van der Waals surface area contributed by atoms with E-state index >= 15 is 0 Å². The molecule has 0 saturated carbocycles. The quantitative estimate of drug-likeness (QED) is 0.463. The monoisotopic (exact) mass is 465 g/mol. The smallest absolute Gasteiger partial charge is 0.414 e. The molecule has 1 fully saturated rings. The Morgan fingerprint density at radius 2 is 2.24 bits per heavy atom. The van der Waals surface area contributed by atoms with Gasteiger partial charge < -0.3 is 14.8 Å². The number of carbonyl (C=O) groups is 3. The predicted octanol–water partition coefficient (Wildman–Crippen LogP) is 2.16. The van der Waals surface area contributed by atoms with Gasteiger partial charge >= 0.3 is 12.1 Å². The van der Waals surface area contributed by atoms with Crippen LogP contribution in [0.15, 0.2) is 18.3 Å². The third-order valence-corrected chi connectivity index (χ3v) is 5.46. The summed E-state index contributed by atoms with van der Waals surface area (Å²) < 4.78 is 9.99. The molecule has 0 radical (unpaired) electrons. The molecule has 2 aromatic rings. The number of aromatic nitrogens is 2. The zero-order chi connectivity index (χ0) is 24.1. The highest BCUT2D eigenvalue weighted by atomic mass is 16.6. The van der Waals surface area contributed by atoms with Crippen molar-refractivity contribution >= 4 is 41.4 Å². The van der Waals surface area contributed by atoms with Gasteiger partial charge in [0.05, 0.1) is 30.1 Å². The van der Waals surface area contributed by atoms with Gasteiger partial charge in [-0.2, -0.15) is 5.26 Å². The number of anilines is 4. The Bertz CT molecular complexity index is 1160. The fourth-order valence-electron chi connectivity index (χ4n) is 3.83. The fraction of sp³-hybridized carbons (Fsp3) is 0.364. The number of ether oxygens (including phenoxy) is 2. The Morgan fingerprint density at radius 1 is 1.38 bits per heavy atom. The van der Waals surface area contributed by atoms with Crippen LogP contribution in [0.5, 0.6) is 0 Å². The number of rotatable bonds is 7. The minimum Gasteiger partial charge on any atom is -0.447 e. The molecule has 4 heterocycles. The van der Waals surface area contributed by atoms with E-state index in [9.17, 15) is 19.6 Å². The maximum absolute atomic E-state index is 13.1. The molecule has 3 amide bonds. The zero-order valence-electron chi connectivity index (χ0n) is 18.5. The zero-order valence-corrected chi connectivity index (χ0v) is 18.5. The van der Waals surface area contributed by atoms with E-state index in [1.54, 1.807) is 19.2 Å². The molecular weight excluding hydrogens is 442 g/mol.